The predicted octanol–water partition coefficient (Wildman–Crippen LogP) is 3.02. The first-order valence-corrected chi connectivity index (χ1v) is 8.26. The second-order valence-corrected chi connectivity index (χ2v) is 7.11. The molecule has 0 unspecified atom stereocenters. The Balaban J connectivity index is 2.23. The first kappa shape index (κ1) is 15.8. The van der Waals surface area contributed by atoms with E-state index in [1.54, 1.807) is 6.92 Å². The van der Waals surface area contributed by atoms with E-state index in [0.717, 1.165) is 11.1 Å². The molecule has 0 heterocycles. The predicted molar refractivity (Wildman–Crippen MR) is 85.8 cm³/mol. The SMILES string of the molecule is Cc1cccc(CNS(=O)(=O)c2cc(N)c(C)c(Cl)c2)c1. The van der Waals surface area contributed by atoms with Crippen LogP contribution in [0, 0.1) is 13.8 Å². The van der Waals surface area contributed by atoms with E-state index in [4.69, 9.17) is 17.3 Å². The number of anilines is 1. The third-order valence-electron chi connectivity index (χ3n) is 3.22. The molecule has 2 rings (SSSR count). The van der Waals surface area contributed by atoms with Crippen LogP contribution in [-0.4, -0.2) is 8.42 Å². The molecule has 0 aliphatic carbocycles. The summed E-state index contributed by atoms with van der Waals surface area (Å²) in [6.07, 6.45) is 0. The molecule has 0 atom stereocenters. The third-order valence-corrected chi connectivity index (χ3v) is 4.99. The lowest BCUT2D eigenvalue weighted by Gasteiger charge is -2.10. The number of nitrogen functional groups attached to an aromatic ring is 1. The number of aryl methyl sites for hydroxylation is 1. The van der Waals surface area contributed by atoms with E-state index >= 15 is 0 Å². The molecule has 0 amide bonds. The zero-order valence-electron chi connectivity index (χ0n) is 11.9. The summed E-state index contributed by atoms with van der Waals surface area (Å²) >= 11 is 5.99. The Morgan fingerprint density at radius 1 is 1.19 bits per heavy atom. The van der Waals surface area contributed by atoms with Crippen LogP contribution in [0.15, 0.2) is 41.3 Å². The molecule has 2 aromatic carbocycles. The fourth-order valence-electron chi connectivity index (χ4n) is 1.91. The topological polar surface area (TPSA) is 72.2 Å². The van der Waals surface area contributed by atoms with Crippen molar-refractivity contribution in [2.24, 2.45) is 0 Å². The molecule has 2 aromatic rings. The maximum atomic E-state index is 12.3. The van der Waals surface area contributed by atoms with Gasteiger partial charge in [-0.25, -0.2) is 13.1 Å². The Kier molecular flexibility index (Phi) is 4.56. The average molecular weight is 325 g/mol. The highest BCUT2D eigenvalue weighted by Crippen LogP contribution is 2.25. The highest BCUT2D eigenvalue weighted by Gasteiger charge is 2.16. The monoisotopic (exact) mass is 324 g/mol. The van der Waals surface area contributed by atoms with Gasteiger partial charge >= 0.3 is 0 Å². The second-order valence-electron chi connectivity index (χ2n) is 4.93. The maximum absolute atomic E-state index is 12.3. The number of rotatable bonds is 4. The van der Waals surface area contributed by atoms with Crippen LogP contribution >= 0.6 is 11.6 Å². The van der Waals surface area contributed by atoms with Crippen LogP contribution in [0.3, 0.4) is 0 Å². The quantitative estimate of drug-likeness (QED) is 0.849. The van der Waals surface area contributed by atoms with Crippen LogP contribution in [0.5, 0.6) is 0 Å². The van der Waals surface area contributed by atoms with Crippen LogP contribution in [0.2, 0.25) is 5.02 Å². The fraction of sp³-hybridized carbons (Fsp3) is 0.200. The van der Waals surface area contributed by atoms with E-state index in [1.165, 1.54) is 12.1 Å². The van der Waals surface area contributed by atoms with Crippen molar-refractivity contribution in [2.75, 3.05) is 5.73 Å². The number of hydrogen-bond donors (Lipinski definition) is 2. The van der Waals surface area contributed by atoms with E-state index in [-0.39, 0.29) is 11.4 Å². The van der Waals surface area contributed by atoms with E-state index in [1.807, 2.05) is 31.2 Å². The highest BCUT2D eigenvalue weighted by atomic mass is 35.5. The van der Waals surface area contributed by atoms with Gasteiger partial charge in [-0.3, -0.25) is 0 Å². The summed E-state index contributed by atoms with van der Waals surface area (Å²) in [5.41, 5.74) is 8.77. The van der Waals surface area contributed by atoms with Crippen LogP contribution < -0.4 is 10.5 Å². The Hall–Kier alpha value is -1.56. The summed E-state index contributed by atoms with van der Waals surface area (Å²) in [7, 11) is -3.65. The molecule has 0 saturated heterocycles. The Labute approximate surface area is 130 Å². The molecule has 0 aliphatic heterocycles. The fourth-order valence-corrected chi connectivity index (χ4v) is 3.28. The number of sulfonamides is 1. The molecule has 21 heavy (non-hydrogen) atoms. The van der Waals surface area contributed by atoms with Crippen LogP contribution in [0.25, 0.3) is 0 Å². The molecule has 6 heteroatoms. The van der Waals surface area contributed by atoms with Gasteiger partial charge in [0, 0.05) is 17.3 Å². The van der Waals surface area contributed by atoms with Gasteiger partial charge in [0.2, 0.25) is 10.0 Å². The van der Waals surface area contributed by atoms with E-state index in [9.17, 15) is 8.42 Å². The Morgan fingerprint density at radius 3 is 2.52 bits per heavy atom. The Bertz CT molecular complexity index is 750. The van der Waals surface area contributed by atoms with Gasteiger partial charge in [0.05, 0.1) is 4.90 Å². The first-order chi connectivity index (χ1) is 9.79. The largest absolute Gasteiger partial charge is 0.398 e. The summed E-state index contributed by atoms with van der Waals surface area (Å²) in [5, 5.41) is 0.339. The van der Waals surface area contributed by atoms with Crippen molar-refractivity contribution in [1.29, 1.82) is 0 Å². The Morgan fingerprint density at radius 2 is 1.90 bits per heavy atom. The van der Waals surface area contributed by atoms with Crippen molar-refractivity contribution in [1.82, 2.24) is 4.72 Å². The number of nitrogens with one attached hydrogen (secondary N) is 1. The van der Waals surface area contributed by atoms with Gasteiger partial charge < -0.3 is 5.73 Å². The van der Waals surface area contributed by atoms with E-state index < -0.39 is 10.0 Å². The van der Waals surface area contributed by atoms with Gasteiger partial charge in [-0.15, -0.1) is 0 Å². The van der Waals surface area contributed by atoms with E-state index in [0.29, 0.717) is 16.3 Å². The second kappa shape index (κ2) is 6.05. The summed E-state index contributed by atoms with van der Waals surface area (Å²) in [6.45, 7) is 3.92. The summed E-state index contributed by atoms with van der Waals surface area (Å²) in [6, 6.07) is 10.5. The molecule has 0 bridgehead atoms. The number of halogens is 1. The molecule has 0 fully saturated rings. The minimum Gasteiger partial charge on any atom is -0.398 e. The maximum Gasteiger partial charge on any atom is 0.240 e. The standard InChI is InChI=1S/C15H17ClN2O2S/c1-10-4-3-5-12(6-10)9-18-21(19,20)13-7-14(16)11(2)15(17)8-13/h3-8,18H,9,17H2,1-2H3. The molecule has 0 aromatic heterocycles. The molecular formula is C15H17ClN2O2S. The van der Waals surface area contributed by atoms with Crippen LogP contribution in [-0.2, 0) is 16.6 Å². The minimum atomic E-state index is -3.65. The molecule has 112 valence electrons. The molecule has 0 radical (unpaired) electrons. The normalized spacial score (nSPS) is 11.6. The van der Waals surface area contributed by atoms with Crippen molar-refractivity contribution < 1.29 is 8.42 Å². The van der Waals surface area contributed by atoms with Crippen molar-refractivity contribution in [3.63, 3.8) is 0 Å². The van der Waals surface area contributed by atoms with Crippen LogP contribution in [0.1, 0.15) is 16.7 Å². The first-order valence-electron chi connectivity index (χ1n) is 6.40. The molecule has 4 nitrogen and oxygen atoms in total. The zero-order chi connectivity index (χ0) is 15.6. The summed E-state index contributed by atoms with van der Waals surface area (Å²) < 4.78 is 27.1. The summed E-state index contributed by atoms with van der Waals surface area (Å²) in [5.74, 6) is 0. The molecule has 0 saturated carbocycles. The van der Waals surface area contributed by atoms with Crippen molar-refractivity contribution in [2.45, 2.75) is 25.3 Å². The average Bonchev–Trinajstić information content (AvgIpc) is 2.42. The number of benzene rings is 2. The van der Waals surface area contributed by atoms with Crippen molar-refractivity contribution in [3.8, 4) is 0 Å². The lowest BCUT2D eigenvalue weighted by Crippen LogP contribution is -2.23. The van der Waals surface area contributed by atoms with Gasteiger partial charge in [0.15, 0.2) is 0 Å². The number of nitrogens with two attached hydrogens (primary N) is 1. The lowest BCUT2D eigenvalue weighted by molar-refractivity contribution is 0.581. The van der Waals surface area contributed by atoms with Gasteiger partial charge in [-0.2, -0.15) is 0 Å². The van der Waals surface area contributed by atoms with Crippen molar-refractivity contribution >= 4 is 27.3 Å². The summed E-state index contributed by atoms with van der Waals surface area (Å²) in [4.78, 5) is 0.0725. The van der Waals surface area contributed by atoms with Gasteiger partial charge in [-0.1, -0.05) is 41.4 Å². The van der Waals surface area contributed by atoms with Gasteiger partial charge in [0.1, 0.15) is 0 Å². The van der Waals surface area contributed by atoms with Crippen molar-refractivity contribution in [3.05, 3.63) is 58.1 Å². The van der Waals surface area contributed by atoms with Gasteiger partial charge in [-0.05, 0) is 37.1 Å². The molecule has 0 aliphatic rings. The molecular weight excluding hydrogens is 308 g/mol. The lowest BCUT2D eigenvalue weighted by atomic mass is 10.1. The molecule has 3 N–H and O–H groups in total. The third kappa shape index (κ3) is 3.75. The minimum absolute atomic E-state index is 0.0725. The zero-order valence-corrected chi connectivity index (χ0v) is 13.4. The van der Waals surface area contributed by atoms with Gasteiger partial charge in [0.25, 0.3) is 0 Å². The highest BCUT2D eigenvalue weighted by molar-refractivity contribution is 7.89. The molecule has 0 spiro atoms. The number of hydrogen-bond acceptors (Lipinski definition) is 3. The van der Waals surface area contributed by atoms with Crippen LogP contribution in [0.4, 0.5) is 5.69 Å². The van der Waals surface area contributed by atoms with E-state index in [2.05, 4.69) is 4.72 Å². The smallest absolute Gasteiger partial charge is 0.240 e.